The lowest BCUT2D eigenvalue weighted by Crippen LogP contribution is -2.31. The molecule has 0 aromatic carbocycles. The largest absolute Gasteiger partial charge is 0.394 e. The van der Waals surface area contributed by atoms with Crippen LogP contribution in [0.3, 0.4) is 0 Å². The Morgan fingerprint density at radius 3 is 0.650 bits per heavy atom. The van der Waals surface area contributed by atoms with Crippen molar-refractivity contribution in [2.24, 2.45) is 0 Å². The van der Waals surface area contributed by atoms with Crippen molar-refractivity contribution >= 4 is 0 Å². The number of rotatable bonds is 7. The minimum atomic E-state index is -1.22. The van der Waals surface area contributed by atoms with Gasteiger partial charge in [0.25, 0.3) is 0 Å². The van der Waals surface area contributed by atoms with E-state index in [1.165, 1.54) is 0 Å². The van der Waals surface area contributed by atoms with Crippen LogP contribution in [0.25, 0.3) is 0 Å². The highest BCUT2D eigenvalue weighted by molar-refractivity contribution is 4.62. The van der Waals surface area contributed by atoms with Crippen molar-refractivity contribution in [1.82, 2.24) is 0 Å². The van der Waals surface area contributed by atoms with Crippen LogP contribution in [0.1, 0.15) is 0 Å². The molecular weight excluding hydrogens is 280 g/mol. The van der Waals surface area contributed by atoms with Crippen LogP contribution in [0.15, 0.2) is 0 Å². The summed E-state index contributed by atoms with van der Waals surface area (Å²) in [4.78, 5) is 0. The minimum absolute atomic E-state index is 0.365. The molecule has 0 fully saturated rings. The standard InChI is InChI=1S/C4H10O4.2C3H8O3/c5-1-3(7)4(8)2-6;2*4-1-3(6)2-5/h3-8H,1-2H2;2*3-6H,1-2H2/t3-,4+;;. The van der Waals surface area contributed by atoms with Gasteiger partial charge in [-0.05, 0) is 0 Å². The van der Waals surface area contributed by atoms with Crippen molar-refractivity contribution in [1.29, 1.82) is 0 Å². The summed E-state index contributed by atoms with van der Waals surface area (Å²) >= 11 is 0. The first-order valence-corrected chi connectivity index (χ1v) is 5.71. The molecule has 0 saturated heterocycles. The minimum Gasteiger partial charge on any atom is -0.394 e. The van der Waals surface area contributed by atoms with Crippen LogP contribution >= 0.6 is 0 Å². The first kappa shape index (κ1) is 24.6. The van der Waals surface area contributed by atoms with E-state index in [0.29, 0.717) is 0 Å². The smallest absolute Gasteiger partial charge is 0.105 e. The van der Waals surface area contributed by atoms with E-state index >= 15 is 0 Å². The molecule has 0 aliphatic heterocycles. The molecule has 10 nitrogen and oxygen atoms in total. The van der Waals surface area contributed by atoms with Crippen molar-refractivity contribution in [2.45, 2.75) is 24.4 Å². The summed E-state index contributed by atoms with van der Waals surface area (Å²) in [5, 5.41) is 81.2. The summed E-state index contributed by atoms with van der Waals surface area (Å²) in [6.45, 7) is -2.51. The SMILES string of the molecule is OCC(O)CO.OCC(O)CO.OC[C@@H](O)[C@@H](O)CO. The Bertz CT molecular complexity index is 144. The molecule has 20 heavy (non-hydrogen) atoms. The molecular formula is C10H26O10. The molecule has 0 rings (SSSR count). The van der Waals surface area contributed by atoms with E-state index in [-0.39, 0.29) is 26.4 Å². The Hall–Kier alpha value is -0.400. The highest BCUT2D eigenvalue weighted by Crippen LogP contribution is 1.88. The van der Waals surface area contributed by atoms with Gasteiger partial charge in [0.1, 0.15) is 24.4 Å². The van der Waals surface area contributed by atoms with Gasteiger partial charge in [-0.2, -0.15) is 0 Å². The molecule has 0 aromatic rings. The summed E-state index contributed by atoms with van der Waals surface area (Å²) in [7, 11) is 0. The highest BCUT2D eigenvalue weighted by atomic mass is 16.4. The van der Waals surface area contributed by atoms with Gasteiger partial charge in [0.15, 0.2) is 0 Å². The van der Waals surface area contributed by atoms with E-state index in [1.807, 2.05) is 0 Å². The van der Waals surface area contributed by atoms with Gasteiger partial charge in [-0.1, -0.05) is 0 Å². The van der Waals surface area contributed by atoms with Crippen LogP contribution in [0.2, 0.25) is 0 Å². The lowest BCUT2D eigenvalue weighted by atomic mass is 10.2. The molecule has 10 heteroatoms. The summed E-state index contributed by atoms with van der Waals surface area (Å²) in [6, 6.07) is 0. The average molecular weight is 306 g/mol. The Labute approximate surface area is 116 Å². The number of hydrogen-bond donors (Lipinski definition) is 10. The zero-order valence-corrected chi connectivity index (χ0v) is 11.0. The summed E-state index contributed by atoms with van der Waals surface area (Å²) in [5.74, 6) is 0. The zero-order valence-electron chi connectivity index (χ0n) is 11.0. The first-order valence-electron chi connectivity index (χ1n) is 5.71. The van der Waals surface area contributed by atoms with E-state index in [1.54, 1.807) is 0 Å². The molecule has 2 atom stereocenters. The Balaban J connectivity index is -0.000000221. The lowest BCUT2D eigenvalue weighted by molar-refractivity contribution is -0.0388. The predicted octanol–water partition coefficient (Wildman–Crippen LogP) is -5.64. The van der Waals surface area contributed by atoms with Gasteiger partial charge in [0.05, 0.1) is 39.6 Å². The second kappa shape index (κ2) is 18.6. The van der Waals surface area contributed by atoms with Gasteiger partial charge < -0.3 is 51.1 Å². The van der Waals surface area contributed by atoms with Crippen molar-refractivity contribution in [2.75, 3.05) is 39.6 Å². The maximum absolute atomic E-state index is 8.47. The predicted molar refractivity (Wildman–Crippen MR) is 66.5 cm³/mol. The summed E-state index contributed by atoms with van der Waals surface area (Å²) < 4.78 is 0. The van der Waals surface area contributed by atoms with Gasteiger partial charge in [0.2, 0.25) is 0 Å². The fraction of sp³-hybridized carbons (Fsp3) is 1.00. The molecule has 0 amide bonds. The molecule has 0 aromatic heterocycles. The fourth-order valence-electron chi connectivity index (χ4n) is 0.359. The molecule has 0 radical (unpaired) electrons. The van der Waals surface area contributed by atoms with Crippen molar-refractivity contribution in [3.05, 3.63) is 0 Å². The van der Waals surface area contributed by atoms with Crippen molar-refractivity contribution in [3.63, 3.8) is 0 Å². The molecule has 0 heterocycles. The van der Waals surface area contributed by atoms with Crippen LogP contribution in [0.4, 0.5) is 0 Å². The topological polar surface area (TPSA) is 202 Å². The van der Waals surface area contributed by atoms with E-state index < -0.39 is 37.6 Å². The van der Waals surface area contributed by atoms with Crippen LogP contribution in [0.5, 0.6) is 0 Å². The van der Waals surface area contributed by atoms with E-state index in [4.69, 9.17) is 51.1 Å². The third kappa shape index (κ3) is 19.9. The van der Waals surface area contributed by atoms with Gasteiger partial charge in [-0.25, -0.2) is 0 Å². The molecule has 0 bridgehead atoms. The summed E-state index contributed by atoms with van der Waals surface area (Å²) in [5.41, 5.74) is 0. The quantitative estimate of drug-likeness (QED) is 0.216. The monoisotopic (exact) mass is 306 g/mol. The number of aliphatic hydroxyl groups is 10. The molecule has 0 saturated carbocycles. The number of hydrogen-bond acceptors (Lipinski definition) is 10. The third-order valence-corrected chi connectivity index (χ3v) is 1.66. The average Bonchev–Trinajstić information content (AvgIpc) is 2.52. The maximum Gasteiger partial charge on any atom is 0.105 e. The Kier molecular flexibility index (Phi) is 22.9. The third-order valence-electron chi connectivity index (χ3n) is 1.66. The molecule has 0 spiro atoms. The second-order valence-electron chi connectivity index (χ2n) is 3.54. The van der Waals surface area contributed by atoms with Crippen molar-refractivity contribution in [3.8, 4) is 0 Å². The zero-order chi connectivity index (χ0) is 16.6. The molecule has 0 aliphatic carbocycles. The van der Waals surface area contributed by atoms with Gasteiger partial charge in [0, 0.05) is 0 Å². The normalized spacial score (nSPS) is 13.2. The first-order chi connectivity index (χ1) is 9.33. The number of aliphatic hydroxyl groups excluding tert-OH is 10. The van der Waals surface area contributed by atoms with Crippen LogP contribution < -0.4 is 0 Å². The molecule has 0 aliphatic rings. The van der Waals surface area contributed by atoms with Crippen LogP contribution in [-0.4, -0.2) is 115 Å². The highest BCUT2D eigenvalue weighted by Gasteiger charge is 2.12. The molecule has 10 N–H and O–H groups in total. The second-order valence-corrected chi connectivity index (χ2v) is 3.54. The van der Waals surface area contributed by atoms with E-state index in [0.717, 1.165) is 0 Å². The van der Waals surface area contributed by atoms with E-state index in [9.17, 15) is 0 Å². The van der Waals surface area contributed by atoms with Gasteiger partial charge in [-0.3, -0.25) is 0 Å². The van der Waals surface area contributed by atoms with Gasteiger partial charge in [-0.15, -0.1) is 0 Å². The van der Waals surface area contributed by atoms with Crippen molar-refractivity contribution < 1.29 is 51.1 Å². The Morgan fingerprint density at radius 1 is 0.400 bits per heavy atom. The van der Waals surface area contributed by atoms with Crippen LogP contribution in [-0.2, 0) is 0 Å². The Morgan fingerprint density at radius 2 is 0.600 bits per heavy atom. The fourth-order valence-corrected chi connectivity index (χ4v) is 0.359. The van der Waals surface area contributed by atoms with Gasteiger partial charge >= 0.3 is 0 Å². The summed E-state index contributed by atoms with van der Waals surface area (Å²) in [6.07, 6.45) is -4.35. The maximum atomic E-state index is 8.47. The van der Waals surface area contributed by atoms with Crippen LogP contribution in [0, 0.1) is 0 Å². The molecule has 0 unspecified atom stereocenters. The van der Waals surface area contributed by atoms with E-state index in [2.05, 4.69) is 0 Å². The molecule has 126 valence electrons. The lowest BCUT2D eigenvalue weighted by Gasteiger charge is -2.10.